The lowest BCUT2D eigenvalue weighted by Crippen LogP contribution is -2.35. The Hall–Kier alpha value is -3.73. The summed E-state index contributed by atoms with van der Waals surface area (Å²) < 4.78 is 0. The van der Waals surface area contributed by atoms with Gasteiger partial charge in [0.25, 0.3) is 11.8 Å². The van der Waals surface area contributed by atoms with Gasteiger partial charge in [-0.15, -0.1) is 0 Å². The number of hydrogen-bond acceptors (Lipinski definition) is 3. The summed E-state index contributed by atoms with van der Waals surface area (Å²) in [5.41, 5.74) is 7.64. The Kier molecular flexibility index (Phi) is 6.53. The van der Waals surface area contributed by atoms with Crippen molar-refractivity contribution in [2.75, 3.05) is 6.54 Å². The number of nitrogens with zero attached hydrogens (tertiary/aromatic N) is 1. The number of hydrazone groups is 1. The number of benzene rings is 3. The quantitative estimate of drug-likeness (QED) is 0.503. The van der Waals surface area contributed by atoms with Gasteiger partial charge < -0.3 is 5.32 Å². The molecule has 0 atom stereocenters. The van der Waals surface area contributed by atoms with Crippen molar-refractivity contribution in [1.82, 2.24) is 10.7 Å². The zero-order valence-electron chi connectivity index (χ0n) is 16.5. The second kappa shape index (κ2) is 9.46. The Morgan fingerprint density at radius 1 is 0.759 bits per heavy atom. The van der Waals surface area contributed by atoms with Crippen molar-refractivity contribution in [3.05, 3.63) is 107 Å². The van der Waals surface area contributed by atoms with Crippen LogP contribution < -0.4 is 10.7 Å². The second-order valence-electron chi connectivity index (χ2n) is 6.71. The monoisotopic (exact) mass is 385 g/mol. The Bertz CT molecular complexity index is 987. The summed E-state index contributed by atoms with van der Waals surface area (Å²) >= 11 is 0. The average Bonchev–Trinajstić information content (AvgIpc) is 2.75. The highest BCUT2D eigenvalue weighted by Crippen LogP contribution is 2.11. The van der Waals surface area contributed by atoms with Gasteiger partial charge in [-0.05, 0) is 37.1 Å². The molecule has 0 saturated heterocycles. The van der Waals surface area contributed by atoms with E-state index in [1.807, 2.05) is 86.6 Å². The normalized spacial score (nSPS) is 10.1. The van der Waals surface area contributed by atoms with Gasteiger partial charge in [0.15, 0.2) is 0 Å². The first-order valence-corrected chi connectivity index (χ1v) is 9.37. The third-order valence-corrected chi connectivity index (χ3v) is 4.57. The van der Waals surface area contributed by atoms with Gasteiger partial charge in [0.1, 0.15) is 0 Å². The number of nitrogens with one attached hydrogen (secondary N) is 2. The summed E-state index contributed by atoms with van der Waals surface area (Å²) in [5.74, 6) is -0.690. The smallest absolute Gasteiger partial charge is 0.259 e. The van der Waals surface area contributed by atoms with Gasteiger partial charge in [0, 0.05) is 16.7 Å². The van der Waals surface area contributed by atoms with E-state index < -0.39 is 5.91 Å². The predicted octanol–water partition coefficient (Wildman–Crippen LogP) is 3.60. The zero-order valence-corrected chi connectivity index (χ0v) is 16.5. The minimum atomic E-state index is -0.397. The Labute approximate surface area is 170 Å². The molecular weight excluding hydrogens is 362 g/mol. The largest absolute Gasteiger partial charge is 0.343 e. The third-order valence-electron chi connectivity index (χ3n) is 4.57. The van der Waals surface area contributed by atoms with Crippen molar-refractivity contribution < 1.29 is 9.59 Å². The standard InChI is InChI=1S/C24H23N3O2/c1-17-13-14-21(15-18(17)2)24(29)25-16-22(28)26-27-23(19-9-5-3-6-10-19)20-11-7-4-8-12-20/h3-15H,16H2,1-2H3,(H,25,29)(H,26,28). The van der Waals surface area contributed by atoms with Gasteiger partial charge >= 0.3 is 0 Å². The molecule has 3 aromatic rings. The first-order valence-electron chi connectivity index (χ1n) is 9.37. The maximum absolute atomic E-state index is 12.3. The van der Waals surface area contributed by atoms with Crippen molar-refractivity contribution in [2.45, 2.75) is 13.8 Å². The third kappa shape index (κ3) is 5.39. The lowest BCUT2D eigenvalue weighted by Gasteiger charge is -2.09. The van der Waals surface area contributed by atoms with Gasteiger partial charge in [0.2, 0.25) is 0 Å². The molecule has 0 aliphatic rings. The highest BCUT2D eigenvalue weighted by Gasteiger charge is 2.10. The fourth-order valence-electron chi connectivity index (χ4n) is 2.79. The van der Waals surface area contributed by atoms with Crippen LogP contribution in [0.3, 0.4) is 0 Å². The lowest BCUT2D eigenvalue weighted by molar-refractivity contribution is -0.120. The van der Waals surface area contributed by atoms with Crippen molar-refractivity contribution in [1.29, 1.82) is 0 Å². The molecule has 0 aliphatic heterocycles. The van der Waals surface area contributed by atoms with Crippen LogP contribution in [0.25, 0.3) is 0 Å². The molecule has 0 saturated carbocycles. The number of carbonyl (C=O) groups is 2. The molecule has 146 valence electrons. The molecule has 0 bridgehead atoms. The molecule has 0 heterocycles. The first kappa shape index (κ1) is 20.0. The van der Waals surface area contributed by atoms with Gasteiger partial charge in [-0.25, -0.2) is 5.43 Å². The lowest BCUT2D eigenvalue weighted by atomic mass is 10.0. The van der Waals surface area contributed by atoms with E-state index in [4.69, 9.17) is 0 Å². The van der Waals surface area contributed by atoms with Crippen LogP contribution in [-0.4, -0.2) is 24.1 Å². The Balaban J connectivity index is 1.67. The summed E-state index contributed by atoms with van der Waals surface area (Å²) in [6.45, 7) is 3.77. The molecule has 0 spiro atoms. The number of amides is 2. The molecule has 2 amide bonds. The molecule has 5 heteroatoms. The molecule has 2 N–H and O–H groups in total. The summed E-state index contributed by atoms with van der Waals surface area (Å²) in [4.78, 5) is 24.5. The van der Waals surface area contributed by atoms with Crippen LogP contribution in [0.2, 0.25) is 0 Å². The highest BCUT2D eigenvalue weighted by atomic mass is 16.2. The maximum Gasteiger partial charge on any atom is 0.259 e. The van der Waals surface area contributed by atoms with Gasteiger partial charge in [-0.1, -0.05) is 66.7 Å². The van der Waals surface area contributed by atoms with Crippen LogP contribution in [0.4, 0.5) is 0 Å². The maximum atomic E-state index is 12.3. The predicted molar refractivity (Wildman–Crippen MR) is 115 cm³/mol. The van der Waals surface area contributed by atoms with Crippen LogP contribution in [0.1, 0.15) is 32.6 Å². The van der Waals surface area contributed by atoms with Gasteiger partial charge in [-0.3, -0.25) is 9.59 Å². The van der Waals surface area contributed by atoms with Crippen molar-refractivity contribution in [2.24, 2.45) is 5.10 Å². The summed E-state index contributed by atoms with van der Waals surface area (Å²) in [7, 11) is 0. The van der Waals surface area contributed by atoms with Crippen molar-refractivity contribution in [3.63, 3.8) is 0 Å². The summed E-state index contributed by atoms with van der Waals surface area (Å²) in [6.07, 6.45) is 0. The SMILES string of the molecule is Cc1ccc(C(=O)NCC(=O)NN=C(c2ccccc2)c2ccccc2)cc1C. The minimum absolute atomic E-state index is 0.161. The second-order valence-corrected chi connectivity index (χ2v) is 6.71. The number of aryl methyl sites for hydroxylation is 2. The number of carbonyl (C=O) groups excluding carboxylic acids is 2. The summed E-state index contributed by atoms with van der Waals surface area (Å²) in [6, 6.07) is 24.7. The molecular formula is C24H23N3O2. The number of hydrogen-bond donors (Lipinski definition) is 2. The average molecular weight is 385 g/mol. The fraction of sp³-hybridized carbons (Fsp3) is 0.125. The van der Waals surface area contributed by atoms with E-state index >= 15 is 0 Å². The molecule has 0 fully saturated rings. The molecule has 3 aromatic carbocycles. The zero-order chi connectivity index (χ0) is 20.6. The van der Waals surface area contributed by atoms with Gasteiger partial charge in [0.05, 0.1) is 12.3 Å². The molecule has 0 aliphatic carbocycles. The number of rotatable bonds is 6. The van der Waals surface area contributed by atoms with Crippen LogP contribution in [0.15, 0.2) is 84.0 Å². The van der Waals surface area contributed by atoms with E-state index in [0.29, 0.717) is 11.3 Å². The van der Waals surface area contributed by atoms with E-state index in [1.54, 1.807) is 6.07 Å². The van der Waals surface area contributed by atoms with E-state index in [-0.39, 0.29) is 12.5 Å². The van der Waals surface area contributed by atoms with Crippen LogP contribution >= 0.6 is 0 Å². The molecule has 3 rings (SSSR count). The van der Waals surface area contributed by atoms with Crippen LogP contribution in [0.5, 0.6) is 0 Å². The van der Waals surface area contributed by atoms with E-state index in [2.05, 4.69) is 15.8 Å². The molecule has 0 unspecified atom stereocenters. The Morgan fingerprint density at radius 2 is 1.34 bits per heavy atom. The van der Waals surface area contributed by atoms with Crippen molar-refractivity contribution in [3.8, 4) is 0 Å². The fourth-order valence-corrected chi connectivity index (χ4v) is 2.79. The topological polar surface area (TPSA) is 70.6 Å². The van der Waals surface area contributed by atoms with E-state index in [9.17, 15) is 9.59 Å². The van der Waals surface area contributed by atoms with Gasteiger partial charge in [-0.2, -0.15) is 5.10 Å². The van der Waals surface area contributed by atoms with E-state index in [0.717, 1.165) is 22.3 Å². The molecule has 5 nitrogen and oxygen atoms in total. The molecule has 0 radical (unpaired) electrons. The summed E-state index contributed by atoms with van der Waals surface area (Å²) in [5, 5.41) is 6.93. The minimum Gasteiger partial charge on any atom is -0.343 e. The highest BCUT2D eigenvalue weighted by molar-refractivity contribution is 6.13. The van der Waals surface area contributed by atoms with Crippen LogP contribution in [-0.2, 0) is 4.79 Å². The van der Waals surface area contributed by atoms with E-state index in [1.165, 1.54) is 0 Å². The molecule has 0 aromatic heterocycles. The first-order chi connectivity index (χ1) is 14.0. The van der Waals surface area contributed by atoms with Crippen molar-refractivity contribution >= 4 is 17.5 Å². The van der Waals surface area contributed by atoms with Crippen LogP contribution in [0, 0.1) is 13.8 Å². The Morgan fingerprint density at radius 3 is 1.90 bits per heavy atom. The molecule has 29 heavy (non-hydrogen) atoms.